The fourth-order valence-corrected chi connectivity index (χ4v) is 23.7. The maximum atomic E-state index is 9.39. The summed E-state index contributed by atoms with van der Waals surface area (Å²) < 4.78 is 9.63. The van der Waals surface area contributed by atoms with Crippen molar-refractivity contribution in [1.82, 2.24) is 18.3 Å². The molecule has 0 saturated carbocycles. The zero-order valence-corrected chi connectivity index (χ0v) is 67.2. The molecule has 4 aromatic heterocycles. The van der Waals surface area contributed by atoms with Gasteiger partial charge in [0.05, 0.1) is 55.8 Å². The Morgan fingerprint density at radius 3 is 0.719 bits per heavy atom. The molecule has 0 atom stereocenters. The van der Waals surface area contributed by atoms with Gasteiger partial charge in [0.25, 0.3) is 0 Å². The van der Waals surface area contributed by atoms with E-state index in [0.717, 1.165) is 33.9 Å². The number of para-hydroxylation sites is 3. The van der Waals surface area contributed by atoms with Crippen LogP contribution in [0.5, 0.6) is 0 Å². The van der Waals surface area contributed by atoms with Crippen LogP contribution in [0.1, 0.15) is 5.56 Å². The van der Waals surface area contributed by atoms with Crippen LogP contribution in [-0.2, 0) is 0 Å². The molecule has 4 heterocycles. The van der Waals surface area contributed by atoms with E-state index in [1.54, 1.807) is 0 Å². The summed E-state index contributed by atoms with van der Waals surface area (Å²) in [5.41, 5.74) is 28.9. The smallest absolute Gasteiger partial charge is 0.179 e. The zero-order valence-electron chi connectivity index (χ0n) is 66.2. The molecule has 23 rings (SSSR count). The fraction of sp³-hybridized carbons (Fsp3) is 0. The quantitative estimate of drug-likeness (QED) is 0.0790. The molecule has 0 unspecified atom stereocenters. The lowest BCUT2D eigenvalue weighted by Gasteiger charge is -2.34. The fourth-order valence-electron chi connectivity index (χ4n) is 18.9. The molecule has 6 heteroatoms. The Bertz CT molecular complexity index is 7780. The first-order valence-corrected chi connectivity index (χ1v) is 43.4. The minimum atomic E-state index is -2.81. The Hall–Kier alpha value is -15.9. The second kappa shape index (κ2) is 30.3. The molecule has 0 radical (unpaired) electrons. The van der Waals surface area contributed by atoms with Crippen LogP contribution in [0.2, 0.25) is 0 Å². The van der Waals surface area contributed by atoms with Crippen LogP contribution in [-0.4, -0.2) is 26.3 Å². The summed E-state index contributed by atoms with van der Waals surface area (Å²) >= 11 is 0. The molecule has 0 saturated heterocycles. The Labute approximate surface area is 703 Å². The van der Waals surface area contributed by atoms with Crippen molar-refractivity contribution in [2.75, 3.05) is 0 Å². The number of fused-ring (bicyclic) bond motifs is 12. The number of hydrogen-bond donors (Lipinski definition) is 0. The van der Waals surface area contributed by atoms with Crippen LogP contribution in [0.4, 0.5) is 0 Å². The number of hydrogen-bond acceptors (Lipinski definition) is 1. The van der Waals surface area contributed by atoms with Crippen molar-refractivity contribution in [1.29, 1.82) is 5.26 Å². The average molecular weight is 1560 g/mol. The molecule has 0 amide bonds. The van der Waals surface area contributed by atoms with Crippen molar-refractivity contribution >= 4 is 116 Å². The Morgan fingerprint density at radius 2 is 0.397 bits per heavy atom. The standard InChI is InChI=1S/C66H46N2Si.C49H31N3/c1-6-18-47(19-7-1)49-30-36-53(37-31-49)67-63-29-17-16-28-59(63)61-44-51(34-42-64(61)67)52-35-43-65-62(45-52)60-41-40-58(46-66(60)68(65)54-38-32-50(33-39-54)48-20-8-2-9-21-48)69(55-22-10-3-11-23-55,56-24-12-4-13-25-56)57-26-14-5-15-27-57;50-32-33-9-8-12-37(29-33)36-19-25-41(26-20-36)52-47-16-7-5-14-43(47)45-31-39(22-28-49(45)52)38-21-27-48-44(30-38)42-13-4-6-15-46(42)51(48)40-23-17-35(18-24-40)34-10-2-1-3-11-34/h1-46H;1-31H. The molecule has 19 aromatic carbocycles. The van der Waals surface area contributed by atoms with Crippen LogP contribution >= 0.6 is 0 Å². The van der Waals surface area contributed by atoms with Gasteiger partial charge in [-0.1, -0.05) is 334 Å². The third kappa shape index (κ3) is 12.5. The van der Waals surface area contributed by atoms with Gasteiger partial charge in [-0.25, -0.2) is 0 Å². The Kier molecular flexibility index (Phi) is 17.9. The van der Waals surface area contributed by atoms with E-state index in [1.807, 2.05) is 18.2 Å². The van der Waals surface area contributed by atoms with Crippen LogP contribution in [0.25, 0.3) is 177 Å². The largest absolute Gasteiger partial charge is 0.309 e. The van der Waals surface area contributed by atoms with E-state index in [4.69, 9.17) is 0 Å². The topological polar surface area (TPSA) is 43.5 Å². The maximum Gasteiger partial charge on any atom is 0.179 e. The van der Waals surface area contributed by atoms with E-state index in [-0.39, 0.29) is 0 Å². The first-order chi connectivity index (χ1) is 59.9. The molecule has 23 aromatic rings. The second-order valence-electron chi connectivity index (χ2n) is 31.4. The molecule has 0 N–H and O–H groups in total. The van der Waals surface area contributed by atoms with Crippen molar-refractivity contribution in [3.05, 3.63) is 473 Å². The highest BCUT2D eigenvalue weighted by Crippen LogP contribution is 2.43. The van der Waals surface area contributed by atoms with Crippen molar-refractivity contribution in [2.45, 2.75) is 0 Å². The van der Waals surface area contributed by atoms with Crippen molar-refractivity contribution < 1.29 is 0 Å². The zero-order chi connectivity index (χ0) is 80.3. The lowest BCUT2D eigenvalue weighted by molar-refractivity contribution is 1.18. The predicted octanol–water partition coefficient (Wildman–Crippen LogP) is 27.0. The molecule has 0 aliphatic heterocycles. The van der Waals surface area contributed by atoms with E-state index >= 15 is 0 Å². The summed E-state index contributed by atoms with van der Waals surface area (Å²) in [7, 11) is -2.81. The lowest BCUT2D eigenvalue weighted by atomic mass is 10.0. The summed E-state index contributed by atoms with van der Waals surface area (Å²) in [5.74, 6) is 0. The first-order valence-electron chi connectivity index (χ1n) is 41.4. The maximum absolute atomic E-state index is 9.39. The summed E-state index contributed by atoms with van der Waals surface area (Å²) in [6, 6.07) is 172. The third-order valence-electron chi connectivity index (χ3n) is 24.7. The number of rotatable bonds is 14. The van der Waals surface area contributed by atoms with E-state index in [2.05, 4.69) is 473 Å². The molecule has 0 aliphatic carbocycles. The molecule has 0 bridgehead atoms. The van der Waals surface area contributed by atoms with Crippen molar-refractivity contribution in [2.24, 2.45) is 0 Å². The van der Waals surface area contributed by atoms with Gasteiger partial charge in [0, 0.05) is 65.8 Å². The van der Waals surface area contributed by atoms with E-state index in [9.17, 15) is 5.26 Å². The lowest BCUT2D eigenvalue weighted by Crippen LogP contribution is -2.74. The predicted molar refractivity (Wildman–Crippen MR) is 511 cm³/mol. The molecule has 566 valence electrons. The van der Waals surface area contributed by atoms with Crippen LogP contribution in [0.15, 0.2) is 467 Å². The third-order valence-corrected chi connectivity index (χ3v) is 29.4. The first kappa shape index (κ1) is 71.6. The highest BCUT2D eigenvalue weighted by Gasteiger charge is 2.42. The number of aromatic nitrogens is 4. The van der Waals surface area contributed by atoms with E-state index in [1.165, 1.54) is 164 Å². The summed E-state index contributed by atoms with van der Waals surface area (Å²) in [6.45, 7) is 0. The molecule has 5 nitrogen and oxygen atoms in total. The Morgan fingerprint density at radius 1 is 0.157 bits per heavy atom. The molecule has 0 fully saturated rings. The monoisotopic (exact) mass is 1560 g/mol. The Balaban J connectivity index is 0.000000151. The van der Waals surface area contributed by atoms with Gasteiger partial charge >= 0.3 is 0 Å². The normalized spacial score (nSPS) is 11.6. The van der Waals surface area contributed by atoms with E-state index < -0.39 is 8.07 Å². The molecule has 121 heavy (non-hydrogen) atoms. The van der Waals surface area contributed by atoms with Crippen LogP contribution in [0.3, 0.4) is 0 Å². The van der Waals surface area contributed by atoms with Crippen LogP contribution in [0, 0.1) is 11.3 Å². The summed E-state index contributed by atoms with van der Waals surface area (Å²) in [5, 5.41) is 24.7. The average Bonchev–Trinajstić information content (AvgIpc) is 1.50. The molecule has 0 aliphatic rings. The number of nitriles is 1. The molecular weight excluding hydrogens is 1480 g/mol. The van der Waals surface area contributed by atoms with Gasteiger partial charge in [0.15, 0.2) is 8.07 Å². The summed E-state index contributed by atoms with van der Waals surface area (Å²) in [4.78, 5) is 0. The molecule has 0 spiro atoms. The second-order valence-corrected chi connectivity index (χ2v) is 35.2. The highest BCUT2D eigenvalue weighted by molar-refractivity contribution is 7.20. The highest BCUT2D eigenvalue weighted by atomic mass is 28.3. The van der Waals surface area contributed by atoms with Gasteiger partial charge in [0.1, 0.15) is 0 Å². The SMILES string of the molecule is N#Cc1cccc(-c2ccc(-n3c4ccccc4c4cc(-c5ccc6c(c5)c5ccccc5n6-c5ccc(-c6ccccc6)cc5)ccc43)cc2)c1.c1ccc(-c2ccc(-n3c4ccccc4c4cc(-c5ccc6c(c5)c5ccc([Si](c7ccccc7)(c7ccccc7)c7ccccc7)cc5n6-c5ccc(-c6ccccc6)cc5)ccc43)cc2)cc1. The van der Waals surface area contributed by atoms with Gasteiger partial charge in [-0.15, -0.1) is 0 Å². The van der Waals surface area contributed by atoms with Gasteiger partial charge in [0.2, 0.25) is 0 Å². The minimum absolute atomic E-state index is 0.665. The molecular formula is C115H77N5Si. The van der Waals surface area contributed by atoms with Gasteiger partial charge in [-0.2, -0.15) is 5.26 Å². The van der Waals surface area contributed by atoms with Gasteiger partial charge in [-0.05, 0) is 221 Å². The van der Waals surface area contributed by atoms with Crippen molar-refractivity contribution in [3.8, 4) is 95.6 Å². The minimum Gasteiger partial charge on any atom is -0.309 e. The summed E-state index contributed by atoms with van der Waals surface area (Å²) in [6.07, 6.45) is 0. The van der Waals surface area contributed by atoms with Gasteiger partial charge < -0.3 is 18.3 Å². The van der Waals surface area contributed by atoms with Crippen molar-refractivity contribution in [3.63, 3.8) is 0 Å². The number of nitrogens with zero attached hydrogens (tertiary/aromatic N) is 5. The van der Waals surface area contributed by atoms with Gasteiger partial charge in [-0.3, -0.25) is 0 Å². The van der Waals surface area contributed by atoms with Crippen LogP contribution < -0.4 is 20.7 Å². The number of benzene rings is 19. The van der Waals surface area contributed by atoms with E-state index in [0.29, 0.717) is 5.56 Å².